The van der Waals surface area contributed by atoms with Crippen LogP contribution in [0.3, 0.4) is 0 Å². The molecule has 29 heavy (non-hydrogen) atoms. The highest BCUT2D eigenvalue weighted by Gasteiger charge is 2.33. The third kappa shape index (κ3) is 3.41. The van der Waals surface area contributed by atoms with E-state index in [1.807, 2.05) is 18.2 Å². The second kappa shape index (κ2) is 7.97. The van der Waals surface area contributed by atoms with E-state index >= 15 is 0 Å². The van der Waals surface area contributed by atoms with Gasteiger partial charge in [-0.1, -0.05) is 18.2 Å². The van der Waals surface area contributed by atoms with Gasteiger partial charge in [-0.3, -0.25) is 4.79 Å². The molecule has 4 aromatic rings. The number of para-hydroxylation sites is 2. The van der Waals surface area contributed by atoms with Crippen molar-refractivity contribution in [3.8, 4) is 0 Å². The monoisotopic (exact) mass is 439 g/mol. The molecule has 0 radical (unpaired) electrons. The molecule has 0 N–H and O–H groups in total. The van der Waals surface area contributed by atoms with Gasteiger partial charge in [-0.2, -0.15) is 11.8 Å². The molecule has 5 rings (SSSR count). The zero-order chi connectivity index (χ0) is 19.8. The molecule has 4 nitrogen and oxygen atoms in total. The molecular formula is C22H21N3OS3. The smallest absolute Gasteiger partial charge is 0.243 e. The molecule has 7 heteroatoms. The van der Waals surface area contributed by atoms with Gasteiger partial charge in [0, 0.05) is 16.3 Å². The molecule has 3 aromatic heterocycles. The highest BCUT2D eigenvalue weighted by atomic mass is 32.2. The lowest BCUT2D eigenvalue weighted by Gasteiger charge is -2.35. The van der Waals surface area contributed by atoms with Gasteiger partial charge in [0.25, 0.3) is 0 Å². The zero-order valence-corrected chi connectivity index (χ0v) is 18.5. The number of aromatic nitrogens is 2. The van der Waals surface area contributed by atoms with Gasteiger partial charge in [-0.05, 0) is 53.3 Å². The Morgan fingerprint density at radius 1 is 1.17 bits per heavy atom. The summed E-state index contributed by atoms with van der Waals surface area (Å²) in [4.78, 5) is 23.1. The topological polar surface area (TPSA) is 38.1 Å². The Morgan fingerprint density at radius 2 is 2.07 bits per heavy atom. The maximum absolute atomic E-state index is 13.6. The number of carbonyl (C=O) groups is 1. The Labute approximate surface area is 182 Å². The lowest BCUT2D eigenvalue weighted by Crippen LogP contribution is -2.41. The summed E-state index contributed by atoms with van der Waals surface area (Å²) in [6.45, 7) is 1.09. The molecule has 4 heterocycles. The number of fused-ring (bicyclic) bond motifs is 2. The number of amides is 1. The van der Waals surface area contributed by atoms with Crippen molar-refractivity contribution in [1.29, 1.82) is 0 Å². The Bertz CT molecular complexity index is 1150. The number of rotatable bonds is 5. The van der Waals surface area contributed by atoms with E-state index in [4.69, 9.17) is 4.98 Å². The second-order valence-corrected chi connectivity index (χ2v) is 9.94. The molecule has 1 amide bonds. The largest absolute Gasteiger partial charge is 0.329 e. The number of hydrogen-bond donors (Lipinski definition) is 0. The van der Waals surface area contributed by atoms with E-state index in [1.165, 1.54) is 15.3 Å². The summed E-state index contributed by atoms with van der Waals surface area (Å²) < 4.78 is 2.10. The summed E-state index contributed by atoms with van der Waals surface area (Å²) in [6, 6.07) is 14.5. The first kappa shape index (κ1) is 18.9. The zero-order valence-electron chi connectivity index (χ0n) is 16.1. The third-order valence-corrected chi connectivity index (χ3v) is 7.87. The summed E-state index contributed by atoms with van der Waals surface area (Å²) >= 11 is 5.26. The number of imidazole rings is 1. The molecule has 0 aliphatic carbocycles. The van der Waals surface area contributed by atoms with Crippen molar-refractivity contribution >= 4 is 51.4 Å². The Balaban J connectivity index is 1.51. The second-order valence-electron chi connectivity index (χ2n) is 7.09. The molecule has 0 bridgehead atoms. The number of nitrogens with zero attached hydrogens (tertiary/aromatic N) is 3. The fraction of sp³-hybridized carbons (Fsp3) is 0.273. The Morgan fingerprint density at radius 3 is 2.90 bits per heavy atom. The molecule has 0 saturated heterocycles. The van der Waals surface area contributed by atoms with E-state index < -0.39 is 0 Å². The van der Waals surface area contributed by atoms with E-state index in [2.05, 4.69) is 50.7 Å². The van der Waals surface area contributed by atoms with Crippen LogP contribution in [0.1, 0.15) is 27.2 Å². The van der Waals surface area contributed by atoms with Crippen LogP contribution >= 0.6 is 34.4 Å². The molecule has 0 fully saturated rings. The van der Waals surface area contributed by atoms with Gasteiger partial charge < -0.3 is 9.47 Å². The molecule has 1 aliphatic rings. The maximum Gasteiger partial charge on any atom is 0.243 e. The molecule has 1 aliphatic heterocycles. The fourth-order valence-corrected chi connectivity index (χ4v) is 6.34. The highest BCUT2D eigenvalue weighted by Crippen LogP contribution is 2.39. The van der Waals surface area contributed by atoms with E-state index in [-0.39, 0.29) is 11.9 Å². The van der Waals surface area contributed by atoms with E-state index in [1.54, 1.807) is 34.4 Å². The molecule has 148 valence electrons. The first-order valence-electron chi connectivity index (χ1n) is 9.58. The molecule has 1 aromatic carbocycles. The first-order valence-corrected chi connectivity index (χ1v) is 12.7. The average Bonchev–Trinajstić information content (AvgIpc) is 3.48. The van der Waals surface area contributed by atoms with Crippen LogP contribution in [0.4, 0.5) is 0 Å². The SMILES string of the molecule is CSCc1nc2ccccc2n1CC(=O)N1CCc2sccc2C1c1cccs1. The molecule has 0 saturated carbocycles. The van der Waals surface area contributed by atoms with Gasteiger partial charge in [0.1, 0.15) is 12.4 Å². The van der Waals surface area contributed by atoms with Crippen LogP contribution in [0.25, 0.3) is 11.0 Å². The van der Waals surface area contributed by atoms with Crippen LogP contribution < -0.4 is 0 Å². The number of thioether (sulfide) groups is 1. The van der Waals surface area contributed by atoms with Crippen LogP contribution in [0.5, 0.6) is 0 Å². The molecule has 1 unspecified atom stereocenters. The van der Waals surface area contributed by atoms with Crippen molar-refractivity contribution in [3.05, 3.63) is 74.4 Å². The van der Waals surface area contributed by atoms with Crippen LogP contribution in [-0.4, -0.2) is 33.2 Å². The minimum atomic E-state index is 0.0243. The van der Waals surface area contributed by atoms with Crippen molar-refractivity contribution < 1.29 is 4.79 Å². The van der Waals surface area contributed by atoms with Gasteiger partial charge in [-0.25, -0.2) is 4.98 Å². The van der Waals surface area contributed by atoms with Crippen molar-refractivity contribution in [3.63, 3.8) is 0 Å². The standard InChI is InChI=1S/C22H21N3OS3/c1-27-14-20-23-16-5-2-3-6-17(16)25(20)13-21(26)24-10-8-18-15(9-12-29-18)22(24)19-7-4-11-28-19/h2-7,9,11-12,22H,8,10,13-14H2,1H3. The molecular weight excluding hydrogens is 418 g/mol. The fourth-order valence-electron chi connectivity index (χ4n) is 4.11. The summed E-state index contributed by atoms with van der Waals surface area (Å²) in [5.41, 5.74) is 3.28. The van der Waals surface area contributed by atoms with Crippen molar-refractivity contribution in [2.45, 2.75) is 24.8 Å². The van der Waals surface area contributed by atoms with Gasteiger partial charge in [-0.15, -0.1) is 22.7 Å². The van der Waals surface area contributed by atoms with Gasteiger partial charge in [0.15, 0.2) is 0 Å². The predicted molar refractivity (Wildman–Crippen MR) is 123 cm³/mol. The number of hydrogen-bond acceptors (Lipinski definition) is 5. The normalized spacial score (nSPS) is 16.3. The lowest BCUT2D eigenvalue weighted by molar-refractivity contribution is -0.133. The van der Waals surface area contributed by atoms with E-state index in [0.29, 0.717) is 6.54 Å². The molecule has 0 spiro atoms. The van der Waals surface area contributed by atoms with Crippen molar-refractivity contribution in [2.24, 2.45) is 0 Å². The lowest BCUT2D eigenvalue weighted by atomic mass is 9.98. The third-order valence-electron chi connectivity index (χ3n) is 5.40. The highest BCUT2D eigenvalue weighted by molar-refractivity contribution is 7.97. The van der Waals surface area contributed by atoms with Crippen LogP contribution in [0.2, 0.25) is 0 Å². The van der Waals surface area contributed by atoms with E-state index in [9.17, 15) is 4.79 Å². The number of benzene rings is 1. The van der Waals surface area contributed by atoms with Gasteiger partial charge in [0.2, 0.25) is 5.91 Å². The van der Waals surface area contributed by atoms with Gasteiger partial charge in [0.05, 0.1) is 22.8 Å². The van der Waals surface area contributed by atoms with Crippen molar-refractivity contribution in [2.75, 3.05) is 12.8 Å². The first-order chi connectivity index (χ1) is 14.3. The molecule has 1 atom stereocenters. The minimum Gasteiger partial charge on any atom is -0.329 e. The minimum absolute atomic E-state index is 0.0243. The summed E-state index contributed by atoms with van der Waals surface area (Å²) in [6.07, 6.45) is 3.00. The summed E-state index contributed by atoms with van der Waals surface area (Å²) in [5.74, 6) is 1.92. The number of thiophene rings is 2. The number of carbonyl (C=O) groups excluding carboxylic acids is 1. The Kier molecular flexibility index (Phi) is 5.20. The predicted octanol–water partition coefficient (Wildman–Crippen LogP) is 5.20. The van der Waals surface area contributed by atoms with E-state index in [0.717, 1.165) is 35.6 Å². The Hall–Kier alpha value is -2.09. The quantitative estimate of drug-likeness (QED) is 0.429. The van der Waals surface area contributed by atoms with Crippen LogP contribution in [0, 0.1) is 0 Å². The average molecular weight is 440 g/mol. The van der Waals surface area contributed by atoms with Crippen LogP contribution in [0.15, 0.2) is 53.2 Å². The maximum atomic E-state index is 13.6. The van der Waals surface area contributed by atoms with Crippen molar-refractivity contribution in [1.82, 2.24) is 14.5 Å². The summed E-state index contributed by atoms with van der Waals surface area (Å²) in [7, 11) is 0. The van der Waals surface area contributed by atoms with Crippen LogP contribution in [-0.2, 0) is 23.5 Å². The summed E-state index contributed by atoms with van der Waals surface area (Å²) in [5, 5.41) is 4.25. The van der Waals surface area contributed by atoms with Gasteiger partial charge >= 0.3 is 0 Å².